The number of rotatable bonds is 7. The molecule has 0 bridgehead atoms. The van der Waals surface area contributed by atoms with Gasteiger partial charge in [-0.3, -0.25) is 4.79 Å². The molecule has 2 aromatic carbocycles. The van der Waals surface area contributed by atoms with E-state index in [0.29, 0.717) is 17.9 Å². The van der Waals surface area contributed by atoms with Crippen LogP contribution in [0.15, 0.2) is 48.5 Å². The number of esters is 1. The van der Waals surface area contributed by atoms with Crippen molar-refractivity contribution in [3.05, 3.63) is 59.7 Å². The lowest BCUT2D eigenvalue weighted by Gasteiger charge is -2.14. The van der Waals surface area contributed by atoms with Gasteiger partial charge in [0, 0.05) is 6.54 Å². The first-order valence-corrected chi connectivity index (χ1v) is 7.79. The quantitative estimate of drug-likeness (QED) is 0.782. The minimum absolute atomic E-state index is 0.328. The SMILES string of the molecule is COc1ccc(CNC(=O)[C@H](C)OC(=O)c2cccc(OC)c2)cc1. The second-order valence-electron chi connectivity index (χ2n) is 5.35. The van der Waals surface area contributed by atoms with Crippen LogP contribution in [0.1, 0.15) is 22.8 Å². The average Bonchev–Trinajstić information content (AvgIpc) is 2.66. The van der Waals surface area contributed by atoms with Crippen molar-refractivity contribution >= 4 is 11.9 Å². The zero-order chi connectivity index (χ0) is 18.2. The Bertz CT molecular complexity index is 727. The Labute approximate surface area is 146 Å². The van der Waals surface area contributed by atoms with Crippen LogP contribution in [0.5, 0.6) is 11.5 Å². The molecule has 25 heavy (non-hydrogen) atoms. The topological polar surface area (TPSA) is 73.9 Å². The van der Waals surface area contributed by atoms with Gasteiger partial charge in [-0.1, -0.05) is 18.2 Å². The van der Waals surface area contributed by atoms with Gasteiger partial charge in [0.15, 0.2) is 6.10 Å². The van der Waals surface area contributed by atoms with Crippen molar-refractivity contribution in [3.8, 4) is 11.5 Å². The third-order valence-corrected chi connectivity index (χ3v) is 3.58. The highest BCUT2D eigenvalue weighted by Gasteiger charge is 2.19. The maximum absolute atomic E-state index is 12.1. The van der Waals surface area contributed by atoms with E-state index in [-0.39, 0.29) is 5.91 Å². The Hall–Kier alpha value is -3.02. The molecular formula is C19H21NO5. The zero-order valence-corrected chi connectivity index (χ0v) is 14.4. The fraction of sp³-hybridized carbons (Fsp3) is 0.263. The van der Waals surface area contributed by atoms with Gasteiger partial charge >= 0.3 is 5.97 Å². The smallest absolute Gasteiger partial charge is 0.339 e. The summed E-state index contributed by atoms with van der Waals surface area (Å²) in [7, 11) is 3.11. The summed E-state index contributed by atoms with van der Waals surface area (Å²) in [5, 5.41) is 2.73. The molecule has 0 radical (unpaired) electrons. The van der Waals surface area contributed by atoms with E-state index in [1.165, 1.54) is 14.0 Å². The molecular weight excluding hydrogens is 322 g/mol. The van der Waals surface area contributed by atoms with Gasteiger partial charge in [-0.2, -0.15) is 0 Å². The molecule has 132 valence electrons. The van der Waals surface area contributed by atoms with Crippen molar-refractivity contribution in [2.45, 2.75) is 19.6 Å². The fourth-order valence-corrected chi connectivity index (χ4v) is 2.11. The van der Waals surface area contributed by atoms with E-state index in [2.05, 4.69) is 5.32 Å². The van der Waals surface area contributed by atoms with Gasteiger partial charge in [0.25, 0.3) is 5.91 Å². The molecule has 0 unspecified atom stereocenters. The van der Waals surface area contributed by atoms with E-state index in [1.807, 2.05) is 24.3 Å². The first-order valence-electron chi connectivity index (χ1n) is 7.79. The maximum Gasteiger partial charge on any atom is 0.339 e. The number of hydrogen-bond donors (Lipinski definition) is 1. The highest BCUT2D eigenvalue weighted by atomic mass is 16.5. The molecule has 0 saturated heterocycles. The van der Waals surface area contributed by atoms with Crippen LogP contribution in [0.3, 0.4) is 0 Å². The van der Waals surface area contributed by atoms with Crippen molar-refractivity contribution < 1.29 is 23.8 Å². The predicted octanol–water partition coefficient (Wildman–Crippen LogP) is 2.57. The van der Waals surface area contributed by atoms with Crippen molar-refractivity contribution in [1.82, 2.24) is 5.32 Å². The molecule has 1 N–H and O–H groups in total. The monoisotopic (exact) mass is 343 g/mol. The van der Waals surface area contributed by atoms with E-state index in [4.69, 9.17) is 14.2 Å². The molecule has 2 rings (SSSR count). The van der Waals surface area contributed by atoms with E-state index >= 15 is 0 Å². The molecule has 1 amide bonds. The number of ether oxygens (including phenoxy) is 3. The number of amides is 1. The summed E-state index contributed by atoms with van der Waals surface area (Å²) in [6, 6.07) is 13.9. The summed E-state index contributed by atoms with van der Waals surface area (Å²) in [4.78, 5) is 24.2. The number of hydrogen-bond acceptors (Lipinski definition) is 5. The van der Waals surface area contributed by atoms with Crippen LogP contribution in [0, 0.1) is 0 Å². The standard InChI is InChI=1S/C19H21NO5/c1-13(25-19(22)15-5-4-6-17(11-15)24-3)18(21)20-12-14-7-9-16(23-2)10-8-14/h4-11,13H,12H2,1-3H3,(H,20,21)/t13-/m0/s1. The molecule has 0 aliphatic carbocycles. The predicted molar refractivity (Wildman–Crippen MR) is 92.7 cm³/mol. The Morgan fingerprint density at radius 2 is 1.68 bits per heavy atom. The molecule has 2 aromatic rings. The summed E-state index contributed by atoms with van der Waals surface area (Å²) in [6.07, 6.45) is -0.906. The largest absolute Gasteiger partial charge is 0.497 e. The van der Waals surface area contributed by atoms with Gasteiger partial charge in [0.1, 0.15) is 11.5 Å². The summed E-state index contributed by atoms with van der Waals surface area (Å²) in [5.74, 6) is 0.347. The zero-order valence-electron chi connectivity index (χ0n) is 14.4. The van der Waals surface area contributed by atoms with E-state index < -0.39 is 12.1 Å². The summed E-state index contributed by atoms with van der Waals surface area (Å²) in [6.45, 7) is 1.87. The van der Waals surface area contributed by atoms with Gasteiger partial charge in [-0.15, -0.1) is 0 Å². The minimum atomic E-state index is -0.906. The van der Waals surface area contributed by atoms with E-state index in [0.717, 1.165) is 11.3 Å². The molecule has 0 aliphatic heterocycles. The van der Waals surface area contributed by atoms with E-state index in [1.54, 1.807) is 31.4 Å². The lowest BCUT2D eigenvalue weighted by Crippen LogP contribution is -2.35. The normalized spacial score (nSPS) is 11.3. The van der Waals surface area contributed by atoms with Gasteiger partial charge in [0.2, 0.25) is 0 Å². The Balaban J connectivity index is 1.87. The van der Waals surface area contributed by atoms with Crippen LogP contribution in [-0.2, 0) is 16.1 Å². The number of nitrogens with one attached hydrogen (secondary N) is 1. The van der Waals surface area contributed by atoms with Crippen LogP contribution in [0.25, 0.3) is 0 Å². The molecule has 1 atom stereocenters. The lowest BCUT2D eigenvalue weighted by molar-refractivity contribution is -0.129. The van der Waals surface area contributed by atoms with Gasteiger partial charge in [-0.25, -0.2) is 4.79 Å². The van der Waals surface area contributed by atoms with Gasteiger partial charge in [0.05, 0.1) is 19.8 Å². The first kappa shape index (κ1) is 18.3. The highest BCUT2D eigenvalue weighted by molar-refractivity contribution is 5.92. The second kappa shape index (κ2) is 8.73. The summed E-state index contributed by atoms with van der Waals surface area (Å²) < 4.78 is 15.3. The van der Waals surface area contributed by atoms with E-state index in [9.17, 15) is 9.59 Å². The molecule has 0 aromatic heterocycles. The highest BCUT2D eigenvalue weighted by Crippen LogP contribution is 2.14. The van der Waals surface area contributed by atoms with Gasteiger partial charge < -0.3 is 19.5 Å². The second-order valence-corrected chi connectivity index (χ2v) is 5.35. The van der Waals surface area contributed by atoms with Crippen molar-refractivity contribution in [3.63, 3.8) is 0 Å². The Kier molecular flexibility index (Phi) is 6.39. The van der Waals surface area contributed by atoms with Crippen LogP contribution in [0.4, 0.5) is 0 Å². The molecule has 0 aliphatic rings. The summed E-state index contributed by atoms with van der Waals surface area (Å²) in [5.41, 5.74) is 1.25. The number of benzene rings is 2. The number of carbonyl (C=O) groups is 2. The van der Waals surface area contributed by atoms with Crippen molar-refractivity contribution in [2.75, 3.05) is 14.2 Å². The molecule has 0 heterocycles. The molecule has 0 fully saturated rings. The summed E-state index contributed by atoms with van der Waals surface area (Å²) >= 11 is 0. The fourth-order valence-electron chi connectivity index (χ4n) is 2.11. The molecule has 0 saturated carbocycles. The van der Waals surface area contributed by atoms with Crippen LogP contribution in [0.2, 0.25) is 0 Å². The van der Waals surface area contributed by atoms with Gasteiger partial charge in [-0.05, 0) is 42.8 Å². The van der Waals surface area contributed by atoms with Crippen LogP contribution in [-0.4, -0.2) is 32.2 Å². The average molecular weight is 343 g/mol. The lowest BCUT2D eigenvalue weighted by atomic mass is 10.2. The molecule has 6 heteroatoms. The third kappa shape index (κ3) is 5.24. The molecule has 0 spiro atoms. The van der Waals surface area contributed by atoms with Crippen molar-refractivity contribution in [1.29, 1.82) is 0 Å². The Morgan fingerprint density at radius 1 is 1.00 bits per heavy atom. The minimum Gasteiger partial charge on any atom is -0.497 e. The molecule has 6 nitrogen and oxygen atoms in total. The maximum atomic E-state index is 12.1. The number of methoxy groups -OCH3 is 2. The van der Waals surface area contributed by atoms with Crippen LogP contribution < -0.4 is 14.8 Å². The number of carbonyl (C=O) groups excluding carboxylic acids is 2. The van der Waals surface area contributed by atoms with Crippen molar-refractivity contribution in [2.24, 2.45) is 0 Å². The first-order chi connectivity index (χ1) is 12.0. The Morgan fingerprint density at radius 3 is 2.32 bits per heavy atom. The van der Waals surface area contributed by atoms with Crippen LogP contribution >= 0.6 is 0 Å². The third-order valence-electron chi connectivity index (χ3n) is 3.58.